The Morgan fingerprint density at radius 3 is 2.65 bits per heavy atom. The minimum Gasteiger partial charge on any atom is -0.261 e. The molecule has 0 saturated heterocycles. The SMILES string of the molecule is O=S(=O)(CCc1ccccn1)NCC1(CCl)CCCC1. The highest BCUT2D eigenvalue weighted by Crippen LogP contribution is 2.38. The molecule has 0 amide bonds. The molecule has 1 aliphatic rings. The Balaban J connectivity index is 1.85. The molecule has 0 spiro atoms. The highest BCUT2D eigenvalue weighted by atomic mass is 35.5. The molecule has 0 aliphatic heterocycles. The maximum Gasteiger partial charge on any atom is 0.211 e. The molecule has 0 aromatic carbocycles. The predicted octanol–water partition coefficient (Wildman–Crippen LogP) is 2.34. The maximum atomic E-state index is 12.0. The van der Waals surface area contributed by atoms with Crippen LogP contribution in [0.2, 0.25) is 0 Å². The highest BCUT2D eigenvalue weighted by Gasteiger charge is 2.33. The number of hydrogen-bond acceptors (Lipinski definition) is 3. The number of nitrogens with zero attached hydrogens (tertiary/aromatic N) is 1. The molecule has 0 bridgehead atoms. The normalized spacial score (nSPS) is 18.2. The number of sulfonamides is 1. The topological polar surface area (TPSA) is 59.1 Å². The van der Waals surface area contributed by atoms with Gasteiger partial charge in [-0.3, -0.25) is 4.98 Å². The van der Waals surface area contributed by atoms with Gasteiger partial charge < -0.3 is 0 Å². The van der Waals surface area contributed by atoms with E-state index in [1.54, 1.807) is 6.20 Å². The zero-order chi connectivity index (χ0) is 14.5. The van der Waals surface area contributed by atoms with Gasteiger partial charge in [-0.1, -0.05) is 18.9 Å². The van der Waals surface area contributed by atoms with Crippen LogP contribution in [0, 0.1) is 5.41 Å². The van der Waals surface area contributed by atoms with Gasteiger partial charge in [0.05, 0.1) is 5.75 Å². The minimum absolute atomic E-state index is 0.0420. The fourth-order valence-corrected chi connectivity index (χ4v) is 4.11. The Kier molecular flexibility index (Phi) is 5.41. The number of hydrogen-bond donors (Lipinski definition) is 1. The molecule has 2 rings (SSSR count). The number of halogens is 1. The molecule has 1 heterocycles. The third kappa shape index (κ3) is 4.43. The summed E-state index contributed by atoms with van der Waals surface area (Å²) in [5, 5.41) is 0. The van der Waals surface area contributed by atoms with Crippen molar-refractivity contribution in [2.24, 2.45) is 5.41 Å². The first-order valence-electron chi connectivity index (χ1n) is 6.99. The van der Waals surface area contributed by atoms with Crippen LogP contribution in [0.4, 0.5) is 0 Å². The van der Waals surface area contributed by atoms with Crippen LogP contribution in [-0.2, 0) is 16.4 Å². The summed E-state index contributed by atoms with van der Waals surface area (Å²) < 4.78 is 26.8. The average Bonchev–Trinajstić information content (AvgIpc) is 2.94. The number of aryl methyl sites for hydroxylation is 1. The van der Waals surface area contributed by atoms with Crippen LogP contribution in [-0.4, -0.2) is 31.6 Å². The highest BCUT2D eigenvalue weighted by molar-refractivity contribution is 7.89. The number of rotatable bonds is 7. The second-order valence-corrected chi connectivity index (χ2v) is 7.75. The van der Waals surface area contributed by atoms with Crippen molar-refractivity contribution in [3.63, 3.8) is 0 Å². The molecule has 6 heteroatoms. The van der Waals surface area contributed by atoms with E-state index in [4.69, 9.17) is 11.6 Å². The quantitative estimate of drug-likeness (QED) is 0.785. The fourth-order valence-electron chi connectivity index (χ4n) is 2.60. The molecule has 1 saturated carbocycles. The Bertz CT molecular complexity index is 513. The van der Waals surface area contributed by atoms with Crippen LogP contribution in [0.15, 0.2) is 24.4 Å². The lowest BCUT2D eigenvalue weighted by molar-refractivity contribution is 0.342. The van der Waals surface area contributed by atoms with E-state index in [0.717, 1.165) is 31.4 Å². The summed E-state index contributed by atoms with van der Waals surface area (Å²) in [4.78, 5) is 4.14. The minimum atomic E-state index is -3.26. The van der Waals surface area contributed by atoms with Gasteiger partial charge in [-0.2, -0.15) is 0 Å². The Labute approximate surface area is 126 Å². The standard InChI is InChI=1S/C14H21ClN2O2S/c15-11-14(7-2-3-8-14)12-17-20(18,19)10-6-13-5-1-4-9-16-13/h1,4-5,9,17H,2-3,6-8,10-12H2. The van der Waals surface area contributed by atoms with E-state index in [2.05, 4.69) is 9.71 Å². The van der Waals surface area contributed by atoms with Crippen LogP contribution >= 0.6 is 11.6 Å². The number of pyridine rings is 1. The lowest BCUT2D eigenvalue weighted by atomic mass is 9.89. The summed E-state index contributed by atoms with van der Waals surface area (Å²) in [6, 6.07) is 5.52. The summed E-state index contributed by atoms with van der Waals surface area (Å²) in [7, 11) is -3.26. The van der Waals surface area contributed by atoms with Crippen molar-refractivity contribution in [3.8, 4) is 0 Å². The van der Waals surface area contributed by atoms with E-state index >= 15 is 0 Å². The molecule has 0 atom stereocenters. The van der Waals surface area contributed by atoms with Crippen molar-refractivity contribution in [1.82, 2.24) is 9.71 Å². The molecular formula is C14H21ClN2O2S. The third-order valence-corrected chi connectivity index (χ3v) is 5.86. The molecule has 4 nitrogen and oxygen atoms in total. The first-order chi connectivity index (χ1) is 9.55. The van der Waals surface area contributed by atoms with E-state index in [1.165, 1.54) is 0 Å². The summed E-state index contributed by atoms with van der Waals surface area (Å²) in [6.45, 7) is 0.459. The smallest absolute Gasteiger partial charge is 0.211 e. The molecule has 1 aliphatic carbocycles. The maximum absolute atomic E-state index is 12.0. The van der Waals surface area contributed by atoms with Crippen molar-refractivity contribution in [2.45, 2.75) is 32.1 Å². The van der Waals surface area contributed by atoms with Gasteiger partial charge in [0.25, 0.3) is 0 Å². The van der Waals surface area contributed by atoms with E-state index < -0.39 is 10.0 Å². The summed E-state index contributed by atoms with van der Waals surface area (Å²) >= 11 is 6.02. The predicted molar refractivity (Wildman–Crippen MR) is 81.4 cm³/mol. The Morgan fingerprint density at radius 1 is 1.30 bits per heavy atom. The fraction of sp³-hybridized carbons (Fsp3) is 0.643. The van der Waals surface area contributed by atoms with Gasteiger partial charge in [-0.05, 0) is 30.4 Å². The van der Waals surface area contributed by atoms with Crippen molar-refractivity contribution in [1.29, 1.82) is 0 Å². The molecule has 112 valence electrons. The lowest BCUT2D eigenvalue weighted by Crippen LogP contribution is -2.38. The molecule has 20 heavy (non-hydrogen) atoms. The molecule has 0 radical (unpaired) electrons. The van der Waals surface area contributed by atoms with Gasteiger partial charge in [0.2, 0.25) is 10.0 Å². The number of nitrogens with one attached hydrogen (secondary N) is 1. The van der Waals surface area contributed by atoms with E-state index in [0.29, 0.717) is 18.8 Å². The monoisotopic (exact) mass is 316 g/mol. The van der Waals surface area contributed by atoms with E-state index in [9.17, 15) is 8.42 Å². The first kappa shape index (κ1) is 15.7. The Morgan fingerprint density at radius 2 is 2.05 bits per heavy atom. The van der Waals surface area contributed by atoms with Gasteiger partial charge in [0.1, 0.15) is 0 Å². The molecule has 0 unspecified atom stereocenters. The van der Waals surface area contributed by atoms with E-state index in [1.807, 2.05) is 18.2 Å². The number of alkyl halides is 1. The molecule has 1 aromatic heterocycles. The molecule has 1 aromatic rings. The largest absolute Gasteiger partial charge is 0.261 e. The third-order valence-electron chi connectivity index (χ3n) is 3.97. The second-order valence-electron chi connectivity index (χ2n) is 5.55. The zero-order valence-electron chi connectivity index (χ0n) is 11.5. The van der Waals surface area contributed by atoms with Crippen LogP contribution in [0.1, 0.15) is 31.4 Å². The average molecular weight is 317 g/mol. The molecular weight excluding hydrogens is 296 g/mol. The summed E-state index contributed by atoms with van der Waals surface area (Å²) in [5.74, 6) is 0.595. The summed E-state index contributed by atoms with van der Waals surface area (Å²) in [5.41, 5.74) is 0.755. The van der Waals surface area contributed by atoms with Gasteiger partial charge in [-0.25, -0.2) is 13.1 Å². The van der Waals surface area contributed by atoms with E-state index in [-0.39, 0.29) is 11.2 Å². The first-order valence-corrected chi connectivity index (χ1v) is 9.17. The van der Waals surface area contributed by atoms with Crippen molar-refractivity contribution < 1.29 is 8.42 Å². The molecule has 1 fully saturated rings. The Hall–Kier alpha value is -0.650. The van der Waals surface area contributed by atoms with Crippen LogP contribution in [0.5, 0.6) is 0 Å². The van der Waals surface area contributed by atoms with Crippen LogP contribution in [0.3, 0.4) is 0 Å². The van der Waals surface area contributed by atoms with Gasteiger partial charge in [-0.15, -0.1) is 11.6 Å². The molecule has 1 N–H and O–H groups in total. The van der Waals surface area contributed by atoms with Crippen molar-refractivity contribution in [3.05, 3.63) is 30.1 Å². The van der Waals surface area contributed by atoms with Crippen molar-refractivity contribution >= 4 is 21.6 Å². The van der Waals surface area contributed by atoms with Gasteiger partial charge in [0.15, 0.2) is 0 Å². The summed E-state index contributed by atoms with van der Waals surface area (Å²) in [6.07, 6.45) is 6.42. The number of aromatic nitrogens is 1. The van der Waals surface area contributed by atoms with Gasteiger partial charge in [0, 0.05) is 30.7 Å². The van der Waals surface area contributed by atoms with Crippen molar-refractivity contribution in [2.75, 3.05) is 18.2 Å². The van der Waals surface area contributed by atoms with Crippen LogP contribution in [0.25, 0.3) is 0 Å². The zero-order valence-corrected chi connectivity index (χ0v) is 13.1. The lowest BCUT2D eigenvalue weighted by Gasteiger charge is -2.26. The van der Waals surface area contributed by atoms with Gasteiger partial charge >= 0.3 is 0 Å². The second kappa shape index (κ2) is 6.87. The van der Waals surface area contributed by atoms with Crippen LogP contribution < -0.4 is 4.72 Å².